The normalized spacial score (nSPS) is 10.3. The molecule has 5 nitrogen and oxygen atoms in total. The van der Waals surface area contributed by atoms with E-state index in [1.54, 1.807) is 36.7 Å². The molecule has 1 aromatic carbocycles. The Morgan fingerprint density at radius 1 is 1.04 bits per heavy atom. The van der Waals surface area contributed by atoms with Crippen LogP contribution in [0.3, 0.4) is 0 Å². The molecule has 0 saturated heterocycles. The first kappa shape index (κ1) is 17.2. The first-order valence-corrected chi connectivity index (χ1v) is 8.23. The van der Waals surface area contributed by atoms with Gasteiger partial charge in [-0.25, -0.2) is 0 Å². The molecule has 0 saturated carbocycles. The Kier molecular flexibility index (Phi) is 5.48. The number of benzene rings is 1. The maximum Gasteiger partial charge on any atom is 0.257 e. The third-order valence-corrected chi connectivity index (χ3v) is 4.03. The van der Waals surface area contributed by atoms with Crippen LogP contribution in [0.2, 0.25) is 10.0 Å². The van der Waals surface area contributed by atoms with Crippen molar-refractivity contribution >= 4 is 40.5 Å². The van der Waals surface area contributed by atoms with Crippen molar-refractivity contribution in [2.45, 2.75) is 6.54 Å². The molecule has 3 aromatic rings. The van der Waals surface area contributed by atoms with Crippen LogP contribution in [0.15, 0.2) is 61.1 Å². The highest BCUT2D eigenvalue weighted by molar-refractivity contribution is 6.40. The molecular weight excluding hydrogens is 359 g/mol. The summed E-state index contributed by atoms with van der Waals surface area (Å²) in [5.41, 5.74) is 2.37. The maximum absolute atomic E-state index is 12.4. The lowest BCUT2D eigenvalue weighted by molar-refractivity contribution is 0.102. The van der Waals surface area contributed by atoms with E-state index < -0.39 is 0 Å². The molecule has 0 bridgehead atoms. The molecule has 25 heavy (non-hydrogen) atoms. The lowest BCUT2D eigenvalue weighted by Gasteiger charge is -2.10. The van der Waals surface area contributed by atoms with Gasteiger partial charge in [-0.3, -0.25) is 14.8 Å². The number of anilines is 2. The summed E-state index contributed by atoms with van der Waals surface area (Å²) in [5.74, 6) is -0.344. The number of nitrogens with one attached hydrogen (secondary N) is 2. The van der Waals surface area contributed by atoms with E-state index in [1.807, 2.05) is 18.2 Å². The summed E-state index contributed by atoms with van der Waals surface area (Å²) in [6.07, 6.45) is 4.85. The molecule has 2 N–H and O–H groups in total. The fourth-order valence-electron chi connectivity index (χ4n) is 2.16. The summed E-state index contributed by atoms with van der Waals surface area (Å²) in [7, 11) is 0. The van der Waals surface area contributed by atoms with Crippen LogP contribution < -0.4 is 10.6 Å². The molecule has 0 radical (unpaired) electrons. The van der Waals surface area contributed by atoms with E-state index in [9.17, 15) is 4.79 Å². The number of aromatic nitrogens is 2. The molecule has 7 heteroatoms. The predicted molar refractivity (Wildman–Crippen MR) is 100 cm³/mol. The zero-order chi connectivity index (χ0) is 17.6. The van der Waals surface area contributed by atoms with E-state index >= 15 is 0 Å². The van der Waals surface area contributed by atoms with Gasteiger partial charge in [0.2, 0.25) is 0 Å². The monoisotopic (exact) mass is 372 g/mol. The third-order valence-electron chi connectivity index (χ3n) is 3.40. The van der Waals surface area contributed by atoms with Gasteiger partial charge in [-0.05, 0) is 30.3 Å². The summed E-state index contributed by atoms with van der Waals surface area (Å²) in [6.45, 7) is 0.532. The zero-order valence-electron chi connectivity index (χ0n) is 13.0. The highest BCUT2D eigenvalue weighted by atomic mass is 35.5. The lowest BCUT2D eigenvalue weighted by Crippen LogP contribution is -2.13. The quantitative estimate of drug-likeness (QED) is 0.683. The van der Waals surface area contributed by atoms with Gasteiger partial charge < -0.3 is 10.6 Å². The Hall–Kier alpha value is -2.63. The van der Waals surface area contributed by atoms with Crippen molar-refractivity contribution in [2.75, 3.05) is 10.6 Å². The standard InChI is InChI=1S/C18H14Cl2N4O/c19-15-5-3-6-16(20)17(15)24-18(25)12-8-14(10-21-9-12)23-11-13-4-1-2-7-22-13/h1-10,23H,11H2,(H,24,25). The van der Waals surface area contributed by atoms with Gasteiger partial charge in [0.15, 0.2) is 0 Å². The van der Waals surface area contributed by atoms with Crippen molar-refractivity contribution in [1.29, 1.82) is 0 Å². The van der Waals surface area contributed by atoms with Gasteiger partial charge >= 0.3 is 0 Å². The van der Waals surface area contributed by atoms with Gasteiger partial charge in [-0.1, -0.05) is 35.3 Å². The van der Waals surface area contributed by atoms with Crippen molar-refractivity contribution in [2.24, 2.45) is 0 Å². The van der Waals surface area contributed by atoms with Gasteiger partial charge in [-0.15, -0.1) is 0 Å². The molecule has 0 aliphatic heterocycles. The minimum absolute atomic E-state index is 0.344. The van der Waals surface area contributed by atoms with Crippen LogP contribution in [-0.4, -0.2) is 15.9 Å². The van der Waals surface area contributed by atoms with Crippen LogP contribution >= 0.6 is 23.2 Å². The van der Waals surface area contributed by atoms with Crippen LogP contribution in [-0.2, 0) is 6.54 Å². The van der Waals surface area contributed by atoms with Crippen LogP contribution in [0.4, 0.5) is 11.4 Å². The molecule has 3 rings (SSSR count). The van der Waals surface area contributed by atoms with E-state index in [0.29, 0.717) is 33.5 Å². The van der Waals surface area contributed by atoms with Crippen LogP contribution in [0.5, 0.6) is 0 Å². The van der Waals surface area contributed by atoms with E-state index in [-0.39, 0.29) is 5.91 Å². The van der Waals surface area contributed by atoms with Crippen LogP contribution in [0.25, 0.3) is 0 Å². The SMILES string of the molecule is O=C(Nc1c(Cl)cccc1Cl)c1cncc(NCc2ccccn2)c1. The summed E-state index contributed by atoms with van der Waals surface area (Å²) in [4.78, 5) is 20.8. The molecule has 0 spiro atoms. The average molecular weight is 373 g/mol. The Labute approximate surface area is 155 Å². The van der Waals surface area contributed by atoms with E-state index in [4.69, 9.17) is 23.2 Å². The molecule has 0 aliphatic carbocycles. The minimum Gasteiger partial charge on any atom is -0.378 e. The largest absolute Gasteiger partial charge is 0.378 e. The number of rotatable bonds is 5. The van der Waals surface area contributed by atoms with Crippen molar-refractivity contribution in [3.63, 3.8) is 0 Å². The van der Waals surface area contributed by atoms with E-state index in [1.165, 1.54) is 6.20 Å². The van der Waals surface area contributed by atoms with Crippen molar-refractivity contribution in [1.82, 2.24) is 9.97 Å². The smallest absolute Gasteiger partial charge is 0.257 e. The zero-order valence-corrected chi connectivity index (χ0v) is 14.6. The average Bonchev–Trinajstić information content (AvgIpc) is 2.64. The molecular formula is C18H14Cl2N4O. The molecule has 126 valence electrons. The minimum atomic E-state index is -0.344. The summed E-state index contributed by atoms with van der Waals surface area (Å²) < 4.78 is 0. The molecule has 0 atom stereocenters. The summed E-state index contributed by atoms with van der Waals surface area (Å²) >= 11 is 12.2. The molecule has 2 aromatic heterocycles. The third kappa shape index (κ3) is 4.47. The molecule has 0 unspecified atom stereocenters. The highest BCUT2D eigenvalue weighted by Gasteiger charge is 2.12. The predicted octanol–water partition coefficient (Wildman–Crippen LogP) is 4.65. The number of carbonyl (C=O) groups is 1. The van der Waals surface area contributed by atoms with Crippen LogP contribution in [0, 0.1) is 0 Å². The Morgan fingerprint density at radius 3 is 2.56 bits per heavy atom. The topological polar surface area (TPSA) is 66.9 Å². The van der Waals surface area contributed by atoms with E-state index in [2.05, 4.69) is 20.6 Å². The number of nitrogens with zero attached hydrogens (tertiary/aromatic N) is 2. The Balaban J connectivity index is 1.71. The molecule has 0 fully saturated rings. The van der Waals surface area contributed by atoms with Crippen LogP contribution in [0.1, 0.15) is 16.1 Å². The molecule has 0 aliphatic rings. The Bertz CT molecular complexity index is 867. The van der Waals surface area contributed by atoms with Crippen molar-refractivity contribution in [3.8, 4) is 0 Å². The van der Waals surface area contributed by atoms with Gasteiger partial charge in [0.25, 0.3) is 5.91 Å². The van der Waals surface area contributed by atoms with Crippen molar-refractivity contribution in [3.05, 3.63) is 82.4 Å². The van der Waals surface area contributed by atoms with E-state index in [0.717, 1.165) is 5.69 Å². The second-order valence-corrected chi connectivity index (χ2v) is 6.00. The maximum atomic E-state index is 12.4. The number of hydrogen-bond acceptors (Lipinski definition) is 4. The summed E-state index contributed by atoms with van der Waals surface area (Å²) in [6, 6.07) is 12.4. The number of halogens is 2. The summed E-state index contributed by atoms with van der Waals surface area (Å²) in [5, 5.41) is 6.65. The number of pyridine rings is 2. The molecule has 1 amide bonds. The van der Waals surface area contributed by atoms with Gasteiger partial charge in [0.1, 0.15) is 0 Å². The first-order chi connectivity index (χ1) is 12.1. The number of hydrogen-bond donors (Lipinski definition) is 2. The Morgan fingerprint density at radius 2 is 1.84 bits per heavy atom. The number of carbonyl (C=O) groups excluding carboxylic acids is 1. The van der Waals surface area contributed by atoms with Gasteiger partial charge in [0, 0.05) is 18.6 Å². The number of amides is 1. The van der Waals surface area contributed by atoms with Gasteiger partial charge in [0.05, 0.1) is 39.2 Å². The molecule has 2 heterocycles. The first-order valence-electron chi connectivity index (χ1n) is 7.47. The number of para-hydroxylation sites is 1. The highest BCUT2D eigenvalue weighted by Crippen LogP contribution is 2.30. The fourth-order valence-corrected chi connectivity index (χ4v) is 2.65. The second kappa shape index (κ2) is 7.96. The lowest BCUT2D eigenvalue weighted by atomic mass is 10.2. The van der Waals surface area contributed by atoms with Gasteiger partial charge in [-0.2, -0.15) is 0 Å². The second-order valence-electron chi connectivity index (χ2n) is 5.19. The fraction of sp³-hybridized carbons (Fsp3) is 0.0556. The van der Waals surface area contributed by atoms with Crippen molar-refractivity contribution < 1.29 is 4.79 Å².